The lowest BCUT2D eigenvalue weighted by Gasteiger charge is -2.06. The summed E-state index contributed by atoms with van der Waals surface area (Å²) < 4.78 is 9.05. The minimum absolute atomic E-state index is 0.101. The molecule has 0 heterocycles. The second-order valence-electron chi connectivity index (χ2n) is 2.79. The maximum absolute atomic E-state index is 11.3. The van der Waals surface area contributed by atoms with Gasteiger partial charge in [0.2, 0.25) is 0 Å². The quantitative estimate of drug-likeness (QED) is 0.504. The van der Waals surface area contributed by atoms with Gasteiger partial charge in [-0.25, -0.2) is 9.59 Å². The lowest BCUT2D eigenvalue weighted by Crippen LogP contribution is -2.16. The molecule has 0 aromatic heterocycles. The van der Waals surface area contributed by atoms with Crippen LogP contribution in [0.25, 0.3) is 0 Å². The fraction of sp³-hybridized carbons (Fsp3) is 0.200. The Kier molecular flexibility index (Phi) is 3.49. The summed E-state index contributed by atoms with van der Waals surface area (Å²) in [7, 11) is 7.97. The van der Waals surface area contributed by atoms with Gasteiger partial charge >= 0.3 is 11.9 Å². The summed E-state index contributed by atoms with van der Waals surface area (Å²) in [5.74, 6) is -1.22. The Hall–Kier alpha value is -1.78. The monoisotopic (exact) mass is 204 g/mol. The Morgan fingerprint density at radius 1 is 1.07 bits per heavy atom. The second-order valence-corrected chi connectivity index (χ2v) is 2.79. The van der Waals surface area contributed by atoms with E-state index in [0.717, 1.165) is 0 Å². The maximum atomic E-state index is 11.3. The molecule has 0 saturated carbocycles. The van der Waals surface area contributed by atoms with E-state index in [2.05, 4.69) is 9.47 Å². The predicted octanol–water partition coefficient (Wildman–Crippen LogP) is 0.0536. The summed E-state index contributed by atoms with van der Waals surface area (Å²) in [6.45, 7) is 0. The zero-order chi connectivity index (χ0) is 11.4. The van der Waals surface area contributed by atoms with Gasteiger partial charge in [-0.1, -0.05) is 17.6 Å². The zero-order valence-corrected chi connectivity index (χ0v) is 8.44. The van der Waals surface area contributed by atoms with Gasteiger partial charge in [0.1, 0.15) is 7.85 Å². The van der Waals surface area contributed by atoms with Crippen LogP contribution in [0.5, 0.6) is 0 Å². The van der Waals surface area contributed by atoms with Crippen LogP contribution in [-0.2, 0) is 9.47 Å². The highest BCUT2D eigenvalue weighted by molar-refractivity contribution is 6.33. The number of esters is 2. The Morgan fingerprint density at radius 2 is 1.60 bits per heavy atom. The van der Waals surface area contributed by atoms with Gasteiger partial charge in [-0.3, -0.25) is 0 Å². The van der Waals surface area contributed by atoms with Crippen molar-refractivity contribution in [2.75, 3.05) is 14.2 Å². The van der Waals surface area contributed by atoms with Gasteiger partial charge in [0.25, 0.3) is 0 Å². The molecule has 4 nitrogen and oxygen atoms in total. The molecule has 0 saturated heterocycles. The topological polar surface area (TPSA) is 52.6 Å². The normalized spacial score (nSPS) is 9.47. The van der Waals surface area contributed by atoms with Crippen molar-refractivity contribution in [2.24, 2.45) is 0 Å². The van der Waals surface area contributed by atoms with Crippen molar-refractivity contribution in [3.63, 3.8) is 0 Å². The number of benzene rings is 1. The molecule has 15 heavy (non-hydrogen) atoms. The van der Waals surface area contributed by atoms with Crippen LogP contribution < -0.4 is 5.46 Å². The highest BCUT2D eigenvalue weighted by Crippen LogP contribution is 2.09. The largest absolute Gasteiger partial charge is 0.465 e. The summed E-state index contributed by atoms with van der Waals surface area (Å²) >= 11 is 0. The molecule has 0 amide bonds. The Morgan fingerprint density at radius 3 is 2.13 bits per heavy atom. The first-order valence-corrected chi connectivity index (χ1v) is 4.16. The fourth-order valence-corrected chi connectivity index (χ4v) is 1.13. The first-order chi connectivity index (χ1) is 7.10. The fourth-order valence-electron chi connectivity index (χ4n) is 1.13. The van der Waals surface area contributed by atoms with Crippen molar-refractivity contribution in [1.29, 1.82) is 0 Å². The molecule has 1 aromatic carbocycles. The Balaban J connectivity index is 3.26. The first-order valence-electron chi connectivity index (χ1n) is 4.16. The van der Waals surface area contributed by atoms with E-state index in [9.17, 15) is 9.59 Å². The third kappa shape index (κ3) is 2.37. The molecule has 0 fully saturated rings. The summed E-state index contributed by atoms with van der Waals surface area (Å²) in [4.78, 5) is 22.6. The van der Waals surface area contributed by atoms with Crippen LogP contribution in [0.2, 0.25) is 0 Å². The van der Waals surface area contributed by atoms with Gasteiger partial charge in [0.05, 0.1) is 25.3 Å². The van der Waals surface area contributed by atoms with Crippen molar-refractivity contribution in [2.45, 2.75) is 0 Å². The molecular weight excluding hydrogens is 195 g/mol. The van der Waals surface area contributed by atoms with Crippen LogP contribution in [0.4, 0.5) is 0 Å². The standard InChI is InChI=1S/C10H9BO4/c1-14-9(12)7-4-3-6(11)5-8(7)10(13)15-2/h3-5H,1-2H3. The van der Waals surface area contributed by atoms with Crippen molar-refractivity contribution in [1.82, 2.24) is 0 Å². The van der Waals surface area contributed by atoms with Gasteiger partial charge in [-0.2, -0.15) is 0 Å². The second kappa shape index (κ2) is 4.64. The van der Waals surface area contributed by atoms with Crippen LogP contribution in [0.3, 0.4) is 0 Å². The van der Waals surface area contributed by atoms with Crippen LogP contribution in [0, 0.1) is 0 Å². The highest BCUT2D eigenvalue weighted by Gasteiger charge is 2.17. The molecule has 0 bridgehead atoms. The number of rotatable bonds is 2. The zero-order valence-electron chi connectivity index (χ0n) is 8.44. The lowest BCUT2D eigenvalue weighted by molar-refractivity contribution is 0.0555. The number of carbonyl (C=O) groups excluding carboxylic acids is 2. The summed E-state index contributed by atoms with van der Waals surface area (Å²) in [6.07, 6.45) is 0. The van der Waals surface area contributed by atoms with Crippen molar-refractivity contribution in [3.05, 3.63) is 29.3 Å². The smallest absolute Gasteiger partial charge is 0.338 e. The lowest BCUT2D eigenvalue weighted by atomic mass is 9.92. The summed E-state index contributed by atoms with van der Waals surface area (Å²) in [5.41, 5.74) is 0.617. The molecule has 2 radical (unpaired) electrons. The van der Waals surface area contributed by atoms with E-state index in [1.165, 1.54) is 32.4 Å². The number of hydrogen-bond donors (Lipinski definition) is 0. The Bertz CT molecular complexity index is 400. The third-order valence-corrected chi connectivity index (χ3v) is 1.85. The van der Waals surface area contributed by atoms with Gasteiger partial charge < -0.3 is 9.47 Å². The van der Waals surface area contributed by atoms with E-state index in [1.807, 2.05) is 0 Å². The number of hydrogen-bond acceptors (Lipinski definition) is 4. The van der Waals surface area contributed by atoms with Crippen LogP contribution in [0.1, 0.15) is 20.7 Å². The number of methoxy groups -OCH3 is 2. The van der Waals surface area contributed by atoms with E-state index in [0.29, 0.717) is 5.46 Å². The molecule has 76 valence electrons. The van der Waals surface area contributed by atoms with E-state index in [4.69, 9.17) is 7.85 Å². The van der Waals surface area contributed by atoms with Gasteiger partial charge in [0, 0.05) is 0 Å². The van der Waals surface area contributed by atoms with E-state index >= 15 is 0 Å². The van der Waals surface area contributed by atoms with E-state index < -0.39 is 11.9 Å². The van der Waals surface area contributed by atoms with Crippen molar-refractivity contribution in [3.8, 4) is 0 Å². The first kappa shape index (κ1) is 11.3. The molecule has 5 heteroatoms. The molecule has 1 aromatic rings. The summed E-state index contributed by atoms with van der Waals surface area (Å²) in [6, 6.07) is 4.31. The van der Waals surface area contributed by atoms with Crippen LogP contribution in [0.15, 0.2) is 18.2 Å². The van der Waals surface area contributed by atoms with Gasteiger partial charge in [0.15, 0.2) is 0 Å². The molecule has 0 spiro atoms. The van der Waals surface area contributed by atoms with E-state index in [-0.39, 0.29) is 11.1 Å². The summed E-state index contributed by atoms with van der Waals surface area (Å²) in [5, 5.41) is 0. The molecular formula is C10H9BO4. The van der Waals surface area contributed by atoms with Crippen molar-refractivity contribution >= 4 is 25.2 Å². The van der Waals surface area contributed by atoms with E-state index in [1.54, 1.807) is 0 Å². The maximum Gasteiger partial charge on any atom is 0.338 e. The molecule has 0 aliphatic rings. The predicted molar refractivity (Wildman–Crippen MR) is 54.5 cm³/mol. The average molecular weight is 204 g/mol. The number of ether oxygens (including phenoxy) is 2. The Labute approximate surface area is 88.6 Å². The minimum Gasteiger partial charge on any atom is -0.465 e. The third-order valence-electron chi connectivity index (χ3n) is 1.85. The molecule has 0 atom stereocenters. The molecule has 0 unspecified atom stereocenters. The molecule has 0 aliphatic carbocycles. The van der Waals surface area contributed by atoms with Gasteiger partial charge in [-0.15, -0.1) is 0 Å². The molecule has 0 N–H and O–H groups in total. The molecule has 1 rings (SSSR count). The van der Waals surface area contributed by atoms with Crippen LogP contribution in [-0.4, -0.2) is 34.0 Å². The minimum atomic E-state index is -0.623. The average Bonchev–Trinajstić information content (AvgIpc) is 2.26. The van der Waals surface area contributed by atoms with Crippen molar-refractivity contribution < 1.29 is 19.1 Å². The SMILES string of the molecule is [B]c1ccc(C(=O)OC)c(C(=O)OC)c1. The highest BCUT2D eigenvalue weighted by atomic mass is 16.5. The van der Waals surface area contributed by atoms with Crippen LogP contribution >= 0.6 is 0 Å². The molecule has 0 aliphatic heterocycles. The van der Waals surface area contributed by atoms with Gasteiger partial charge in [-0.05, 0) is 6.07 Å². The number of carbonyl (C=O) groups is 2.